The van der Waals surface area contributed by atoms with Gasteiger partial charge in [-0.15, -0.1) is 0 Å². The van der Waals surface area contributed by atoms with E-state index < -0.39 is 0 Å². The zero-order valence-electron chi connectivity index (χ0n) is 16.0. The number of hydrogen-bond acceptors (Lipinski definition) is 3. The van der Waals surface area contributed by atoms with E-state index in [1.54, 1.807) is 0 Å². The average Bonchev–Trinajstić information content (AvgIpc) is 2.99. The van der Waals surface area contributed by atoms with Crippen LogP contribution in [0.4, 0.5) is 0 Å². The topological polar surface area (TPSA) is 25.4 Å². The van der Waals surface area contributed by atoms with Crippen molar-refractivity contribution in [2.75, 3.05) is 0 Å². The van der Waals surface area contributed by atoms with Crippen LogP contribution in [0, 0.1) is 5.92 Å². The van der Waals surface area contributed by atoms with Crippen LogP contribution in [0.1, 0.15) is 83.8 Å². The third-order valence-corrected chi connectivity index (χ3v) is 5.89. The SMILES string of the molecule is CC1(C)CCCC(C)(C)N1OCc1cncc(CC2CCCC2)c1. The molecule has 3 nitrogen and oxygen atoms in total. The van der Waals surface area contributed by atoms with Gasteiger partial charge in [0.05, 0.1) is 6.61 Å². The predicted octanol–water partition coefficient (Wildman–Crippen LogP) is 5.29. The normalized spacial score (nSPS) is 24.3. The van der Waals surface area contributed by atoms with Crippen molar-refractivity contribution in [3.05, 3.63) is 29.6 Å². The van der Waals surface area contributed by atoms with Crippen LogP contribution in [0.5, 0.6) is 0 Å². The summed E-state index contributed by atoms with van der Waals surface area (Å²) in [5.74, 6) is 0.864. The van der Waals surface area contributed by atoms with E-state index in [1.165, 1.54) is 62.5 Å². The lowest BCUT2D eigenvalue weighted by Gasteiger charge is -2.51. The molecule has 0 aromatic carbocycles. The maximum absolute atomic E-state index is 6.32. The Labute approximate surface area is 147 Å². The van der Waals surface area contributed by atoms with Gasteiger partial charge in [0.15, 0.2) is 0 Å². The Morgan fingerprint density at radius 1 is 1.00 bits per heavy atom. The Morgan fingerprint density at radius 2 is 1.62 bits per heavy atom. The lowest BCUT2D eigenvalue weighted by Crippen LogP contribution is -2.58. The second-order valence-corrected chi connectivity index (χ2v) is 9.10. The summed E-state index contributed by atoms with van der Waals surface area (Å²) in [6.07, 6.45) is 14.4. The van der Waals surface area contributed by atoms with Crippen LogP contribution < -0.4 is 0 Å². The molecule has 0 amide bonds. The molecule has 0 unspecified atom stereocenters. The maximum atomic E-state index is 6.32. The molecule has 134 valence electrons. The first-order valence-electron chi connectivity index (χ1n) is 9.73. The molecular formula is C21H34N2O. The first-order valence-corrected chi connectivity index (χ1v) is 9.73. The van der Waals surface area contributed by atoms with Gasteiger partial charge in [-0.25, -0.2) is 0 Å². The number of piperidine rings is 1. The van der Waals surface area contributed by atoms with Crippen molar-refractivity contribution in [1.29, 1.82) is 0 Å². The van der Waals surface area contributed by atoms with Gasteiger partial charge in [0, 0.05) is 23.5 Å². The molecule has 2 aliphatic rings. The minimum atomic E-state index is 0.0939. The minimum absolute atomic E-state index is 0.0939. The summed E-state index contributed by atoms with van der Waals surface area (Å²) in [6.45, 7) is 9.80. The summed E-state index contributed by atoms with van der Waals surface area (Å²) in [5.41, 5.74) is 2.76. The summed E-state index contributed by atoms with van der Waals surface area (Å²) in [6, 6.07) is 2.30. The van der Waals surface area contributed by atoms with Crippen LogP contribution in [0.25, 0.3) is 0 Å². The number of rotatable bonds is 5. The smallest absolute Gasteiger partial charge is 0.0951 e. The predicted molar refractivity (Wildman–Crippen MR) is 98.5 cm³/mol. The second kappa shape index (κ2) is 7.13. The van der Waals surface area contributed by atoms with Crippen molar-refractivity contribution in [3.63, 3.8) is 0 Å². The van der Waals surface area contributed by atoms with Crippen LogP contribution in [-0.4, -0.2) is 21.1 Å². The molecule has 2 heterocycles. The summed E-state index contributed by atoms with van der Waals surface area (Å²) < 4.78 is 0. The van der Waals surface area contributed by atoms with Gasteiger partial charge in [-0.3, -0.25) is 9.82 Å². The van der Waals surface area contributed by atoms with E-state index in [1.807, 2.05) is 12.4 Å². The van der Waals surface area contributed by atoms with Crippen molar-refractivity contribution in [1.82, 2.24) is 10.0 Å². The fraction of sp³-hybridized carbons (Fsp3) is 0.762. The Morgan fingerprint density at radius 3 is 2.29 bits per heavy atom. The third-order valence-electron chi connectivity index (χ3n) is 5.89. The summed E-state index contributed by atoms with van der Waals surface area (Å²) in [5, 5.41) is 2.24. The third kappa shape index (κ3) is 4.18. The Bertz CT molecular complexity index is 531. The van der Waals surface area contributed by atoms with Gasteiger partial charge in [-0.2, -0.15) is 5.06 Å². The van der Waals surface area contributed by atoms with E-state index >= 15 is 0 Å². The van der Waals surface area contributed by atoms with Gasteiger partial charge in [0.2, 0.25) is 0 Å². The van der Waals surface area contributed by atoms with E-state index in [-0.39, 0.29) is 11.1 Å². The summed E-state index contributed by atoms with van der Waals surface area (Å²) in [7, 11) is 0. The minimum Gasteiger partial charge on any atom is -0.293 e. The van der Waals surface area contributed by atoms with Crippen LogP contribution in [0.2, 0.25) is 0 Å². The van der Waals surface area contributed by atoms with Crippen molar-refractivity contribution in [2.45, 2.75) is 96.7 Å². The molecule has 0 radical (unpaired) electrons. The number of pyridine rings is 1. The highest BCUT2D eigenvalue weighted by Gasteiger charge is 2.42. The molecule has 3 rings (SSSR count). The number of nitrogens with zero attached hydrogens (tertiary/aromatic N) is 2. The van der Waals surface area contributed by atoms with Gasteiger partial charge in [0.25, 0.3) is 0 Å². The van der Waals surface area contributed by atoms with Gasteiger partial charge >= 0.3 is 0 Å². The molecule has 0 N–H and O–H groups in total. The standard InChI is InChI=1S/C21H34N2O/c1-20(2)10-7-11-21(3,4)23(20)24-16-19-13-18(14-22-15-19)12-17-8-5-6-9-17/h13-15,17H,5-12,16H2,1-4H3. The molecule has 2 fully saturated rings. The van der Waals surface area contributed by atoms with Gasteiger partial charge in [-0.1, -0.05) is 31.7 Å². The fourth-order valence-corrected chi connectivity index (χ4v) is 4.74. The first kappa shape index (κ1) is 17.9. The quantitative estimate of drug-likeness (QED) is 0.733. The number of hydrogen-bond donors (Lipinski definition) is 0. The molecule has 3 heteroatoms. The Hall–Kier alpha value is -0.930. The van der Waals surface area contributed by atoms with Crippen LogP contribution in [-0.2, 0) is 17.9 Å². The lowest BCUT2D eigenvalue weighted by atomic mass is 9.82. The molecule has 1 aliphatic heterocycles. The van der Waals surface area contributed by atoms with Crippen LogP contribution in [0.15, 0.2) is 18.5 Å². The monoisotopic (exact) mass is 330 g/mol. The van der Waals surface area contributed by atoms with E-state index in [2.05, 4.69) is 43.8 Å². The van der Waals surface area contributed by atoms with E-state index in [0.717, 1.165) is 5.92 Å². The summed E-state index contributed by atoms with van der Waals surface area (Å²) >= 11 is 0. The van der Waals surface area contributed by atoms with Crippen molar-refractivity contribution >= 4 is 0 Å². The van der Waals surface area contributed by atoms with Crippen molar-refractivity contribution in [3.8, 4) is 0 Å². The van der Waals surface area contributed by atoms with Crippen LogP contribution in [0.3, 0.4) is 0 Å². The van der Waals surface area contributed by atoms with Crippen LogP contribution >= 0.6 is 0 Å². The Kier molecular flexibility index (Phi) is 5.31. The van der Waals surface area contributed by atoms with Crippen molar-refractivity contribution < 1.29 is 4.84 Å². The maximum Gasteiger partial charge on any atom is 0.0951 e. The lowest BCUT2D eigenvalue weighted by molar-refractivity contribution is -0.288. The summed E-state index contributed by atoms with van der Waals surface area (Å²) in [4.78, 5) is 10.8. The zero-order valence-corrected chi connectivity index (χ0v) is 16.0. The van der Waals surface area contributed by atoms with Crippen molar-refractivity contribution in [2.24, 2.45) is 5.92 Å². The van der Waals surface area contributed by atoms with E-state index in [9.17, 15) is 0 Å². The van der Waals surface area contributed by atoms with E-state index in [4.69, 9.17) is 4.84 Å². The molecule has 1 aromatic heterocycles. The molecule has 1 aromatic rings. The molecule has 0 atom stereocenters. The second-order valence-electron chi connectivity index (χ2n) is 9.10. The molecule has 1 saturated carbocycles. The molecule has 0 spiro atoms. The Balaban J connectivity index is 1.63. The van der Waals surface area contributed by atoms with Gasteiger partial charge < -0.3 is 0 Å². The molecule has 1 aliphatic carbocycles. The van der Waals surface area contributed by atoms with Gasteiger partial charge in [-0.05, 0) is 70.4 Å². The molecule has 24 heavy (non-hydrogen) atoms. The molecule has 0 bridgehead atoms. The zero-order chi connectivity index (χ0) is 17.2. The fourth-order valence-electron chi connectivity index (χ4n) is 4.74. The highest BCUT2D eigenvalue weighted by Crippen LogP contribution is 2.38. The van der Waals surface area contributed by atoms with E-state index in [0.29, 0.717) is 6.61 Å². The molecular weight excluding hydrogens is 296 g/mol. The number of aromatic nitrogens is 1. The molecule has 1 saturated heterocycles. The average molecular weight is 331 g/mol. The number of hydroxylamine groups is 2. The van der Waals surface area contributed by atoms with Gasteiger partial charge in [0.1, 0.15) is 0 Å². The highest BCUT2D eigenvalue weighted by atomic mass is 16.7. The highest BCUT2D eigenvalue weighted by molar-refractivity contribution is 5.18. The largest absolute Gasteiger partial charge is 0.293 e. The first-order chi connectivity index (χ1) is 11.4.